The van der Waals surface area contributed by atoms with E-state index in [4.69, 9.17) is 0 Å². The van der Waals surface area contributed by atoms with Gasteiger partial charge in [-0.15, -0.1) is 10.2 Å². The number of rotatable bonds is 5. The molecule has 2 unspecified atom stereocenters. The lowest BCUT2D eigenvalue weighted by Gasteiger charge is -2.21. The van der Waals surface area contributed by atoms with Crippen molar-refractivity contribution in [3.63, 3.8) is 0 Å². The number of aromatic nitrogens is 4. The first kappa shape index (κ1) is 20.1. The molecule has 8 nitrogen and oxygen atoms in total. The van der Waals surface area contributed by atoms with Crippen LogP contribution in [0.1, 0.15) is 12.7 Å². The van der Waals surface area contributed by atoms with E-state index in [1.807, 2.05) is 60.9 Å². The molecule has 2 aromatic heterocycles. The first-order valence-corrected chi connectivity index (χ1v) is 12.1. The van der Waals surface area contributed by atoms with E-state index in [1.54, 1.807) is 10.5 Å². The molecule has 3 aromatic rings. The van der Waals surface area contributed by atoms with E-state index in [0.717, 1.165) is 36.0 Å². The van der Waals surface area contributed by atoms with Gasteiger partial charge in [0.25, 0.3) is 10.0 Å². The summed E-state index contributed by atoms with van der Waals surface area (Å²) in [5.41, 5.74) is 1.89. The fourth-order valence-electron chi connectivity index (χ4n) is 4.65. The highest BCUT2D eigenvalue weighted by Gasteiger charge is 2.45. The van der Waals surface area contributed by atoms with Gasteiger partial charge in [-0.2, -0.15) is 4.31 Å². The lowest BCUT2D eigenvalue weighted by atomic mass is 10.0. The second kappa shape index (κ2) is 7.72. The fourth-order valence-corrected chi connectivity index (χ4v) is 6.19. The van der Waals surface area contributed by atoms with Gasteiger partial charge < -0.3 is 9.47 Å². The largest absolute Gasteiger partial charge is 0.354 e. The van der Waals surface area contributed by atoms with Gasteiger partial charge in [-0.1, -0.05) is 30.3 Å². The van der Waals surface area contributed by atoms with E-state index in [-0.39, 0.29) is 5.03 Å². The lowest BCUT2D eigenvalue weighted by molar-refractivity contribution is 0.450. The summed E-state index contributed by atoms with van der Waals surface area (Å²) in [7, 11) is -3.56. The smallest absolute Gasteiger partial charge is 0.262 e. The summed E-state index contributed by atoms with van der Waals surface area (Å²) in [6.07, 6.45) is 1.65. The Hall–Kier alpha value is -2.78. The van der Waals surface area contributed by atoms with Crippen LogP contribution in [0.2, 0.25) is 0 Å². The number of fused-ring (bicyclic) bond motifs is 1. The summed E-state index contributed by atoms with van der Waals surface area (Å²) in [5.74, 6) is 2.16. The van der Waals surface area contributed by atoms with Crippen LogP contribution in [0.5, 0.6) is 0 Å². The molecule has 2 fully saturated rings. The van der Waals surface area contributed by atoms with Gasteiger partial charge in [0.15, 0.2) is 10.8 Å². The number of benzene rings is 1. The Morgan fingerprint density at radius 3 is 2.26 bits per heavy atom. The second-order valence-electron chi connectivity index (χ2n) is 8.30. The number of aryl methyl sites for hydroxylation is 2. The van der Waals surface area contributed by atoms with Crippen molar-refractivity contribution >= 4 is 15.8 Å². The molecule has 0 amide bonds. The van der Waals surface area contributed by atoms with Gasteiger partial charge in [-0.3, -0.25) is 0 Å². The maximum absolute atomic E-state index is 13.1. The average Bonchev–Trinajstić information content (AvgIpc) is 3.48. The molecule has 0 spiro atoms. The summed E-state index contributed by atoms with van der Waals surface area (Å²) in [4.78, 5) is 6.51. The first-order valence-electron chi connectivity index (χ1n) is 10.6. The molecule has 2 aliphatic rings. The number of sulfonamides is 1. The fraction of sp³-hybridized carbons (Fsp3) is 0.409. The van der Waals surface area contributed by atoms with Crippen molar-refractivity contribution in [3.05, 3.63) is 54.5 Å². The molecular weight excluding hydrogens is 412 g/mol. The Labute approximate surface area is 182 Å². The highest BCUT2D eigenvalue weighted by molar-refractivity contribution is 7.89. The highest BCUT2D eigenvalue weighted by Crippen LogP contribution is 2.35. The number of hydrogen-bond acceptors (Lipinski definition) is 6. The molecule has 0 radical (unpaired) electrons. The third-order valence-corrected chi connectivity index (χ3v) is 8.10. The Bertz CT molecular complexity index is 1160. The van der Waals surface area contributed by atoms with Crippen molar-refractivity contribution in [2.24, 2.45) is 11.8 Å². The minimum Gasteiger partial charge on any atom is -0.354 e. The zero-order valence-corrected chi connectivity index (χ0v) is 18.5. The van der Waals surface area contributed by atoms with Gasteiger partial charge in [0.2, 0.25) is 0 Å². The Morgan fingerprint density at radius 1 is 0.968 bits per heavy atom. The van der Waals surface area contributed by atoms with E-state index in [9.17, 15) is 8.42 Å². The Kier molecular flexibility index (Phi) is 5.02. The summed E-state index contributed by atoms with van der Waals surface area (Å²) >= 11 is 0. The summed E-state index contributed by atoms with van der Waals surface area (Å²) in [6, 6.07) is 14.0. The van der Waals surface area contributed by atoms with Crippen molar-refractivity contribution in [2.45, 2.75) is 25.4 Å². The molecule has 31 heavy (non-hydrogen) atoms. The van der Waals surface area contributed by atoms with E-state index in [0.29, 0.717) is 31.5 Å². The average molecular weight is 439 g/mol. The molecule has 162 valence electrons. The zero-order chi connectivity index (χ0) is 21.6. The van der Waals surface area contributed by atoms with Crippen LogP contribution in [0, 0.1) is 18.8 Å². The normalized spacial score (nSPS) is 21.5. The van der Waals surface area contributed by atoms with Crippen molar-refractivity contribution in [1.82, 2.24) is 24.1 Å². The van der Waals surface area contributed by atoms with Crippen molar-refractivity contribution < 1.29 is 8.42 Å². The molecule has 5 rings (SSSR count). The van der Waals surface area contributed by atoms with Crippen LogP contribution < -0.4 is 4.90 Å². The number of anilines is 1. The van der Waals surface area contributed by atoms with Gasteiger partial charge >= 0.3 is 0 Å². The quantitative estimate of drug-likeness (QED) is 0.608. The van der Waals surface area contributed by atoms with Crippen molar-refractivity contribution in [1.29, 1.82) is 0 Å². The maximum atomic E-state index is 13.1. The topological polar surface area (TPSA) is 84.2 Å². The highest BCUT2D eigenvalue weighted by atomic mass is 32.2. The standard InChI is InChI=1S/C22H26N6O2S/c1-3-26-15-22(23-16(26)2)31(29,30)28-13-18-11-27(12-19(18)14-28)21-10-9-20(24-25-21)17-7-5-4-6-8-17/h4-10,15,18-19H,3,11-14H2,1-2H3. The monoisotopic (exact) mass is 438 g/mol. The molecule has 0 aliphatic carbocycles. The molecule has 2 saturated heterocycles. The molecule has 4 heterocycles. The predicted octanol–water partition coefficient (Wildman–Crippen LogP) is 2.43. The van der Waals surface area contributed by atoms with Gasteiger partial charge in [-0.05, 0) is 37.8 Å². The third kappa shape index (κ3) is 3.61. The molecule has 2 aliphatic heterocycles. The van der Waals surface area contributed by atoms with Crippen LogP contribution in [0.25, 0.3) is 11.3 Å². The summed E-state index contributed by atoms with van der Waals surface area (Å²) < 4.78 is 29.6. The molecule has 2 atom stereocenters. The molecule has 0 bridgehead atoms. The van der Waals surface area contributed by atoms with Crippen LogP contribution >= 0.6 is 0 Å². The maximum Gasteiger partial charge on any atom is 0.262 e. The minimum atomic E-state index is -3.56. The van der Waals surface area contributed by atoms with Gasteiger partial charge in [-0.25, -0.2) is 13.4 Å². The molecular formula is C22H26N6O2S. The van der Waals surface area contributed by atoms with Crippen molar-refractivity contribution in [2.75, 3.05) is 31.1 Å². The third-order valence-electron chi connectivity index (χ3n) is 6.40. The van der Waals surface area contributed by atoms with Crippen molar-refractivity contribution in [3.8, 4) is 11.3 Å². The molecule has 0 N–H and O–H groups in total. The van der Waals surface area contributed by atoms with Gasteiger partial charge in [0, 0.05) is 44.5 Å². The first-order chi connectivity index (χ1) is 15.0. The number of imidazole rings is 1. The van der Waals surface area contributed by atoms with Crippen LogP contribution in [0.4, 0.5) is 5.82 Å². The number of nitrogens with zero attached hydrogens (tertiary/aromatic N) is 6. The van der Waals surface area contributed by atoms with Crippen LogP contribution in [-0.4, -0.2) is 58.7 Å². The molecule has 0 saturated carbocycles. The van der Waals surface area contributed by atoms with Crippen LogP contribution in [-0.2, 0) is 16.6 Å². The van der Waals surface area contributed by atoms with Gasteiger partial charge in [0.05, 0.1) is 5.69 Å². The zero-order valence-electron chi connectivity index (χ0n) is 17.7. The van der Waals surface area contributed by atoms with Gasteiger partial charge in [0.1, 0.15) is 5.82 Å². The van der Waals surface area contributed by atoms with E-state index in [2.05, 4.69) is 20.1 Å². The summed E-state index contributed by atoms with van der Waals surface area (Å²) in [6.45, 7) is 7.15. The lowest BCUT2D eigenvalue weighted by Crippen LogP contribution is -2.33. The van der Waals surface area contributed by atoms with E-state index in [1.165, 1.54) is 0 Å². The Morgan fingerprint density at radius 2 is 1.68 bits per heavy atom. The van der Waals surface area contributed by atoms with Crippen LogP contribution in [0.3, 0.4) is 0 Å². The van der Waals surface area contributed by atoms with E-state index >= 15 is 0 Å². The SMILES string of the molecule is CCn1cc(S(=O)(=O)N2CC3CN(c4ccc(-c5ccccc5)nn4)CC3C2)nc1C. The van der Waals surface area contributed by atoms with Crippen LogP contribution in [0.15, 0.2) is 53.7 Å². The number of hydrogen-bond donors (Lipinski definition) is 0. The Balaban J connectivity index is 1.26. The molecule has 1 aromatic carbocycles. The minimum absolute atomic E-state index is 0.158. The molecule has 9 heteroatoms. The predicted molar refractivity (Wildman–Crippen MR) is 118 cm³/mol. The summed E-state index contributed by atoms with van der Waals surface area (Å²) in [5, 5.41) is 8.98. The second-order valence-corrected chi connectivity index (χ2v) is 10.2. The van der Waals surface area contributed by atoms with E-state index < -0.39 is 10.0 Å².